The molecule has 1 aromatic carbocycles. The Morgan fingerprint density at radius 1 is 1.10 bits per heavy atom. The van der Waals surface area contributed by atoms with E-state index in [1.165, 1.54) is 0 Å². The molecular weight excluding hydrogens is 372 g/mol. The molecular formula is C21H26N4O4. The van der Waals surface area contributed by atoms with Gasteiger partial charge >= 0.3 is 6.03 Å². The van der Waals surface area contributed by atoms with Crippen molar-refractivity contribution in [1.82, 2.24) is 20.5 Å². The highest BCUT2D eigenvalue weighted by Gasteiger charge is 2.18. The van der Waals surface area contributed by atoms with Crippen LogP contribution in [0.15, 0.2) is 42.6 Å². The van der Waals surface area contributed by atoms with Crippen molar-refractivity contribution < 1.29 is 19.1 Å². The quantitative estimate of drug-likeness (QED) is 0.744. The van der Waals surface area contributed by atoms with Crippen molar-refractivity contribution >= 4 is 11.9 Å². The van der Waals surface area contributed by atoms with Gasteiger partial charge < -0.3 is 25.0 Å². The van der Waals surface area contributed by atoms with Gasteiger partial charge in [0.05, 0.1) is 19.8 Å². The maximum absolute atomic E-state index is 12.4. The summed E-state index contributed by atoms with van der Waals surface area (Å²) in [5.74, 6) is 0.531. The van der Waals surface area contributed by atoms with Crippen molar-refractivity contribution in [2.75, 3.05) is 32.9 Å². The molecule has 2 aromatic rings. The van der Waals surface area contributed by atoms with Crippen LogP contribution in [0, 0.1) is 0 Å². The van der Waals surface area contributed by atoms with Crippen LogP contribution in [0.3, 0.4) is 0 Å². The SMILES string of the molecule is CCOc1ncccc1CNC(=O)NCc1ccc(C(=O)N2CCOCC2)cc1. The summed E-state index contributed by atoms with van der Waals surface area (Å²) < 4.78 is 10.7. The Balaban J connectivity index is 1.46. The standard InChI is InChI=1S/C21H26N4O4/c1-2-29-19-18(4-3-9-22-19)15-24-21(27)23-14-16-5-7-17(8-6-16)20(26)25-10-12-28-13-11-25/h3-9H,2,10-15H2,1H3,(H2,23,24,27). The molecule has 0 radical (unpaired) electrons. The molecule has 1 aromatic heterocycles. The first-order valence-corrected chi connectivity index (χ1v) is 9.71. The molecule has 2 heterocycles. The Kier molecular flexibility index (Phi) is 7.40. The minimum absolute atomic E-state index is 0.00660. The Morgan fingerprint density at radius 3 is 2.55 bits per heavy atom. The number of pyridine rings is 1. The van der Waals surface area contributed by atoms with E-state index >= 15 is 0 Å². The third-order valence-corrected chi connectivity index (χ3v) is 4.52. The summed E-state index contributed by atoms with van der Waals surface area (Å²) in [5, 5.41) is 5.61. The van der Waals surface area contributed by atoms with Crippen molar-refractivity contribution in [3.63, 3.8) is 0 Å². The van der Waals surface area contributed by atoms with Crippen LogP contribution in [-0.2, 0) is 17.8 Å². The molecule has 1 saturated heterocycles. The molecule has 1 aliphatic rings. The molecule has 8 nitrogen and oxygen atoms in total. The van der Waals surface area contributed by atoms with Gasteiger partial charge in [-0.2, -0.15) is 0 Å². The molecule has 154 valence electrons. The van der Waals surface area contributed by atoms with Crippen LogP contribution in [0.5, 0.6) is 5.88 Å². The molecule has 29 heavy (non-hydrogen) atoms. The van der Waals surface area contributed by atoms with E-state index in [2.05, 4.69) is 15.6 Å². The number of ether oxygens (including phenoxy) is 2. The molecule has 0 saturated carbocycles. The minimum atomic E-state index is -0.287. The minimum Gasteiger partial charge on any atom is -0.478 e. The Hall–Kier alpha value is -3.13. The molecule has 2 N–H and O–H groups in total. The van der Waals surface area contributed by atoms with Crippen LogP contribution in [0.2, 0.25) is 0 Å². The average Bonchev–Trinajstić information content (AvgIpc) is 2.78. The third kappa shape index (κ3) is 5.92. The van der Waals surface area contributed by atoms with E-state index in [-0.39, 0.29) is 11.9 Å². The first-order valence-electron chi connectivity index (χ1n) is 9.71. The first kappa shape index (κ1) is 20.6. The number of benzene rings is 1. The third-order valence-electron chi connectivity index (χ3n) is 4.52. The van der Waals surface area contributed by atoms with Gasteiger partial charge in [0.1, 0.15) is 0 Å². The molecule has 3 amide bonds. The topological polar surface area (TPSA) is 92.8 Å². The van der Waals surface area contributed by atoms with Gasteiger partial charge in [-0.15, -0.1) is 0 Å². The van der Waals surface area contributed by atoms with E-state index in [0.717, 1.165) is 11.1 Å². The van der Waals surface area contributed by atoms with Crippen LogP contribution in [0.4, 0.5) is 4.79 Å². The molecule has 0 atom stereocenters. The molecule has 1 aliphatic heterocycles. The Morgan fingerprint density at radius 2 is 1.83 bits per heavy atom. The highest BCUT2D eigenvalue weighted by molar-refractivity contribution is 5.94. The number of carbonyl (C=O) groups excluding carboxylic acids is 2. The highest BCUT2D eigenvalue weighted by Crippen LogP contribution is 2.13. The maximum atomic E-state index is 12.4. The number of morpholine rings is 1. The summed E-state index contributed by atoms with van der Waals surface area (Å²) in [6.07, 6.45) is 1.65. The van der Waals surface area contributed by atoms with Crippen molar-refractivity contribution in [3.05, 3.63) is 59.3 Å². The van der Waals surface area contributed by atoms with Crippen molar-refractivity contribution in [2.45, 2.75) is 20.0 Å². The van der Waals surface area contributed by atoms with E-state index in [1.807, 2.05) is 25.1 Å². The number of urea groups is 1. The number of amides is 3. The van der Waals surface area contributed by atoms with Gasteiger partial charge in [0.25, 0.3) is 5.91 Å². The predicted octanol–water partition coefficient (Wildman–Crippen LogP) is 1.95. The summed E-state index contributed by atoms with van der Waals surface area (Å²) in [6.45, 7) is 5.47. The van der Waals surface area contributed by atoms with Gasteiger partial charge in [0.2, 0.25) is 5.88 Å². The predicted molar refractivity (Wildman–Crippen MR) is 108 cm³/mol. The maximum Gasteiger partial charge on any atom is 0.315 e. The molecule has 8 heteroatoms. The van der Waals surface area contributed by atoms with Crippen LogP contribution >= 0.6 is 0 Å². The van der Waals surface area contributed by atoms with Gasteiger partial charge in [-0.3, -0.25) is 4.79 Å². The fourth-order valence-corrected chi connectivity index (χ4v) is 2.96. The lowest BCUT2D eigenvalue weighted by atomic mass is 10.1. The lowest BCUT2D eigenvalue weighted by Crippen LogP contribution is -2.40. The molecule has 0 bridgehead atoms. The number of hydrogen-bond acceptors (Lipinski definition) is 5. The van der Waals surface area contributed by atoms with E-state index in [0.29, 0.717) is 57.4 Å². The molecule has 3 rings (SSSR count). The molecule has 0 aliphatic carbocycles. The molecule has 0 spiro atoms. The monoisotopic (exact) mass is 398 g/mol. The van der Waals surface area contributed by atoms with Crippen molar-refractivity contribution in [1.29, 1.82) is 0 Å². The smallest absolute Gasteiger partial charge is 0.315 e. The average molecular weight is 398 g/mol. The summed E-state index contributed by atoms with van der Waals surface area (Å²) in [7, 11) is 0. The number of hydrogen-bond donors (Lipinski definition) is 2. The zero-order chi connectivity index (χ0) is 20.5. The van der Waals surface area contributed by atoms with Gasteiger partial charge in [0.15, 0.2) is 0 Å². The van der Waals surface area contributed by atoms with E-state index in [9.17, 15) is 9.59 Å². The number of rotatable bonds is 7. The zero-order valence-corrected chi connectivity index (χ0v) is 16.5. The summed E-state index contributed by atoms with van der Waals surface area (Å²) in [4.78, 5) is 30.5. The zero-order valence-electron chi connectivity index (χ0n) is 16.5. The van der Waals surface area contributed by atoms with Gasteiger partial charge in [0, 0.05) is 43.5 Å². The number of nitrogens with one attached hydrogen (secondary N) is 2. The van der Waals surface area contributed by atoms with E-state index < -0.39 is 0 Å². The van der Waals surface area contributed by atoms with Crippen molar-refractivity contribution in [2.24, 2.45) is 0 Å². The van der Waals surface area contributed by atoms with Gasteiger partial charge in [-0.25, -0.2) is 9.78 Å². The number of aromatic nitrogens is 1. The summed E-state index contributed by atoms with van der Waals surface area (Å²) in [5.41, 5.74) is 2.37. The lowest BCUT2D eigenvalue weighted by Gasteiger charge is -2.26. The largest absolute Gasteiger partial charge is 0.478 e. The van der Waals surface area contributed by atoms with Crippen LogP contribution < -0.4 is 15.4 Å². The Labute approximate surface area is 170 Å². The van der Waals surface area contributed by atoms with E-state index in [1.54, 1.807) is 29.3 Å². The lowest BCUT2D eigenvalue weighted by molar-refractivity contribution is 0.0303. The summed E-state index contributed by atoms with van der Waals surface area (Å²) >= 11 is 0. The van der Waals surface area contributed by atoms with Gasteiger partial charge in [-0.05, 0) is 30.7 Å². The van der Waals surface area contributed by atoms with Gasteiger partial charge in [-0.1, -0.05) is 18.2 Å². The fourth-order valence-electron chi connectivity index (χ4n) is 2.96. The number of nitrogens with zero attached hydrogens (tertiary/aromatic N) is 2. The fraction of sp³-hybridized carbons (Fsp3) is 0.381. The first-order chi connectivity index (χ1) is 14.2. The second-order valence-electron chi connectivity index (χ2n) is 6.54. The second-order valence-corrected chi connectivity index (χ2v) is 6.54. The molecule has 0 unspecified atom stereocenters. The number of carbonyl (C=O) groups is 2. The highest BCUT2D eigenvalue weighted by atomic mass is 16.5. The van der Waals surface area contributed by atoms with E-state index in [4.69, 9.17) is 9.47 Å². The van der Waals surface area contributed by atoms with Crippen LogP contribution in [0.25, 0.3) is 0 Å². The second kappa shape index (κ2) is 10.4. The van der Waals surface area contributed by atoms with Crippen molar-refractivity contribution in [3.8, 4) is 5.88 Å². The summed E-state index contributed by atoms with van der Waals surface area (Å²) in [6, 6.07) is 10.7. The Bertz CT molecular complexity index is 820. The molecule has 1 fully saturated rings. The normalized spacial score (nSPS) is 13.6. The van der Waals surface area contributed by atoms with Crippen LogP contribution in [0.1, 0.15) is 28.4 Å². The van der Waals surface area contributed by atoms with Crippen LogP contribution in [-0.4, -0.2) is 54.7 Å².